The van der Waals surface area contributed by atoms with Crippen LogP contribution in [0, 0.1) is 5.92 Å². The highest BCUT2D eigenvalue weighted by atomic mass is 19.4. The van der Waals surface area contributed by atoms with E-state index in [1.54, 1.807) is 0 Å². The van der Waals surface area contributed by atoms with Gasteiger partial charge in [0.2, 0.25) is 5.91 Å². The van der Waals surface area contributed by atoms with Crippen LogP contribution < -0.4 is 11.1 Å². The van der Waals surface area contributed by atoms with Crippen LogP contribution in [0.15, 0.2) is 24.3 Å². The number of likely N-dealkylation sites (tertiary alicyclic amines) is 1. The highest BCUT2D eigenvalue weighted by molar-refractivity contribution is 5.79. The van der Waals surface area contributed by atoms with Gasteiger partial charge in [-0.15, -0.1) is 0 Å². The van der Waals surface area contributed by atoms with Crippen molar-refractivity contribution in [1.82, 2.24) is 10.2 Å². The molecule has 1 aliphatic rings. The van der Waals surface area contributed by atoms with E-state index >= 15 is 0 Å². The fraction of sp³-hybridized carbons (Fsp3) is 0.467. The van der Waals surface area contributed by atoms with Crippen molar-refractivity contribution in [2.75, 3.05) is 13.1 Å². The van der Waals surface area contributed by atoms with Crippen molar-refractivity contribution >= 4 is 11.9 Å². The molecule has 23 heavy (non-hydrogen) atoms. The van der Waals surface area contributed by atoms with Gasteiger partial charge in [-0.05, 0) is 24.5 Å². The van der Waals surface area contributed by atoms with E-state index in [0.29, 0.717) is 19.4 Å². The van der Waals surface area contributed by atoms with E-state index in [2.05, 4.69) is 5.32 Å². The zero-order valence-corrected chi connectivity index (χ0v) is 12.4. The van der Waals surface area contributed by atoms with Gasteiger partial charge in [0, 0.05) is 19.6 Å². The number of piperidine rings is 1. The summed E-state index contributed by atoms with van der Waals surface area (Å²) < 4.78 is 38.7. The Hall–Kier alpha value is -2.25. The quantitative estimate of drug-likeness (QED) is 0.891. The first-order valence-corrected chi connectivity index (χ1v) is 7.26. The molecule has 1 saturated heterocycles. The lowest BCUT2D eigenvalue weighted by Gasteiger charge is -2.31. The third-order valence-corrected chi connectivity index (χ3v) is 3.86. The molecule has 1 fully saturated rings. The standard InChI is InChI=1S/C15H18F3N3O2/c16-15(17,18)12-6-2-1-4-10(12)8-20-14(23)21-7-3-5-11(9-21)13(19)22/h1-2,4,6,11H,3,5,7-9H2,(H2,19,22)(H,20,23). The fourth-order valence-corrected chi connectivity index (χ4v) is 2.63. The smallest absolute Gasteiger partial charge is 0.369 e. The molecule has 0 saturated carbocycles. The van der Waals surface area contributed by atoms with E-state index in [4.69, 9.17) is 5.73 Å². The third kappa shape index (κ3) is 4.37. The van der Waals surface area contributed by atoms with Crippen molar-refractivity contribution in [3.8, 4) is 0 Å². The SMILES string of the molecule is NC(=O)C1CCCN(C(=O)NCc2ccccc2C(F)(F)F)C1. The van der Waals surface area contributed by atoms with Gasteiger partial charge in [-0.1, -0.05) is 18.2 Å². The molecular formula is C15H18F3N3O2. The monoisotopic (exact) mass is 329 g/mol. The van der Waals surface area contributed by atoms with Gasteiger partial charge < -0.3 is 16.0 Å². The van der Waals surface area contributed by atoms with Gasteiger partial charge in [0.15, 0.2) is 0 Å². The molecule has 1 aliphatic heterocycles. The van der Waals surface area contributed by atoms with Gasteiger partial charge in [0.25, 0.3) is 0 Å². The lowest BCUT2D eigenvalue weighted by atomic mass is 9.98. The molecule has 1 heterocycles. The van der Waals surface area contributed by atoms with Gasteiger partial charge in [-0.25, -0.2) is 4.79 Å². The van der Waals surface area contributed by atoms with Crippen molar-refractivity contribution in [1.29, 1.82) is 0 Å². The van der Waals surface area contributed by atoms with Crippen LogP contribution in [0.5, 0.6) is 0 Å². The summed E-state index contributed by atoms with van der Waals surface area (Å²) in [5, 5.41) is 2.48. The van der Waals surface area contributed by atoms with E-state index in [9.17, 15) is 22.8 Å². The third-order valence-electron chi connectivity index (χ3n) is 3.86. The summed E-state index contributed by atoms with van der Waals surface area (Å²) in [4.78, 5) is 24.7. The first-order valence-electron chi connectivity index (χ1n) is 7.26. The molecule has 1 unspecified atom stereocenters. The van der Waals surface area contributed by atoms with Crippen LogP contribution in [0.25, 0.3) is 0 Å². The number of amides is 3. The molecule has 3 N–H and O–H groups in total. The Labute approximate surface area is 131 Å². The number of rotatable bonds is 3. The van der Waals surface area contributed by atoms with E-state index in [1.165, 1.54) is 23.1 Å². The number of alkyl halides is 3. The van der Waals surface area contributed by atoms with Gasteiger partial charge >= 0.3 is 12.2 Å². The number of urea groups is 1. The van der Waals surface area contributed by atoms with Crippen LogP contribution in [0.1, 0.15) is 24.0 Å². The lowest BCUT2D eigenvalue weighted by Crippen LogP contribution is -2.48. The number of primary amides is 1. The number of carbonyl (C=O) groups excluding carboxylic acids is 2. The minimum absolute atomic E-state index is 0.00295. The van der Waals surface area contributed by atoms with Gasteiger partial charge in [-0.2, -0.15) is 13.2 Å². The highest BCUT2D eigenvalue weighted by Crippen LogP contribution is 2.31. The van der Waals surface area contributed by atoms with Crippen LogP contribution >= 0.6 is 0 Å². The average Bonchev–Trinajstić information content (AvgIpc) is 2.52. The van der Waals surface area contributed by atoms with Crippen LogP contribution in [-0.2, 0) is 17.5 Å². The first kappa shape index (κ1) is 17.1. The molecule has 0 spiro atoms. The summed E-state index contributed by atoms with van der Waals surface area (Å²) in [5.41, 5.74) is 4.47. The van der Waals surface area contributed by atoms with Crippen LogP contribution in [-0.4, -0.2) is 29.9 Å². The number of benzene rings is 1. The predicted octanol–water partition coefficient (Wildman–Crippen LogP) is 2.11. The Morgan fingerprint density at radius 2 is 2.00 bits per heavy atom. The molecule has 1 atom stereocenters. The summed E-state index contributed by atoms with van der Waals surface area (Å²) in [7, 11) is 0. The Morgan fingerprint density at radius 3 is 2.65 bits per heavy atom. The summed E-state index contributed by atoms with van der Waals surface area (Å²) in [6, 6.07) is 4.60. The average molecular weight is 329 g/mol. The van der Waals surface area contributed by atoms with Crippen molar-refractivity contribution in [2.24, 2.45) is 11.7 Å². The Morgan fingerprint density at radius 1 is 1.30 bits per heavy atom. The predicted molar refractivity (Wildman–Crippen MR) is 77.2 cm³/mol. The number of nitrogens with zero attached hydrogens (tertiary/aromatic N) is 1. The maximum Gasteiger partial charge on any atom is 0.416 e. The van der Waals surface area contributed by atoms with Crippen molar-refractivity contribution in [3.05, 3.63) is 35.4 Å². The minimum atomic E-state index is -4.47. The Balaban J connectivity index is 1.99. The first-order chi connectivity index (χ1) is 10.8. The summed E-state index contributed by atoms with van der Waals surface area (Å²) in [6.45, 7) is 0.421. The molecule has 1 aromatic rings. The molecule has 1 aromatic carbocycles. The molecule has 3 amide bonds. The molecule has 2 rings (SSSR count). The minimum Gasteiger partial charge on any atom is -0.369 e. The second kappa shape index (κ2) is 6.89. The molecule has 8 heteroatoms. The van der Waals surface area contributed by atoms with E-state index in [-0.39, 0.29) is 18.7 Å². The molecule has 126 valence electrons. The number of hydrogen-bond donors (Lipinski definition) is 2. The molecule has 0 radical (unpaired) electrons. The Kier molecular flexibility index (Phi) is 5.12. The topological polar surface area (TPSA) is 75.4 Å². The van der Waals surface area contributed by atoms with Crippen LogP contribution in [0.2, 0.25) is 0 Å². The summed E-state index contributed by atoms with van der Waals surface area (Å²) in [5.74, 6) is -0.873. The van der Waals surface area contributed by atoms with Gasteiger partial charge in [-0.3, -0.25) is 4.79 Å². The zero-order chi connectivity index (χ0) is 17.0. The van der Waals surface area contributed by atoms with Crippen molar-refractivity contribution < 1.29 is 22.8 Å². The van der Waals surface area contributed by atoms with Crippen LogP contribution in [0.3, 0.4) is 0 Å². The zero-order valence-electron chi connectivity index (χ0n) is 12.4. The largest absolute Gasteiger partial charge is 0.416 e. The lowest BCUT2D eigenvalue weighted by molar-refractivity contribution is -0.138. The Bertz CT molecular complexity index is 590. The number of nitrogens with two attached hydrogens (primary N) is 1. The maximum absolute atomic E-state index is 12.9. The summed E-state index contributed by atoms with van der Waals surface area (Å²) in [6.07, 6.45) is -3.21. The number of carbonyl (C=O) groups is 2. The van der Waals surface area contributed by atoms with Crippen molar-refractivity contribution in [3.63, 3.8) is 0 Å². The second-order valence-electron chi connectivity index (χ2n) is 5.50. The molecular weight excluding hydrogens is 311 g/mol. The number of halogens is 3. The highest BCUT2D eigenvalue weighted by Gasteiger charge is 2.33. The van der Waals surface area contributed by atoms with E-state index in [1.807, 2.05) is 0 Å². The van der Waals surface area contributed by atoms with Crippen LogP contribution in [0.4, 0.5) is 18.0 Å². The molecule has 5 nitrogen and oxygen atoms in total. The number of nitrogens with one attached hydrogen (secondary N) is 1. The summed E-state index contributed by atoms with van der Waals surface area (Å²) >= 11 is 0. The maximum atomic E-state index is 12.9. The second-order valence-corrected chi connectivity index (χ2v) is 5.50. The molecule has 0 aliphatic carbocycles. The fourth-order valence-electron chi connectivity index (χ4n) is 2.63. The van der Waals surface area contributed by atoms with E-state index in [0.717, 1.165) is 6.07 Å². The van der Waals surface area contributed by atoms with Gasteiger partial charge in [0.1, 0.15) is 0 Å². The normalized spacial score (nSPS) is 18.6. The number of hydrogen-bond acceptors (Lipinski definition) is 2. The molecule has 0 bridgehead atoms. The van der Waals surface area contributed by atoms with Crippen molar-refractivity contribution in [2.45, 2.75) is 25.6 Å². The van der Waals surface area contributed by atoms with E-state index < -0.39 is 29.6 Å². The van der Waals surface area contributed by atoms with Gasteiger partial charge in [0.05, 0.1) is 11.5 Å². The molecule has 0 aromatic heterocycles.